The number of aliphatic carboxylic acids is 1. The van der Waals surface area contributed by atoms with Gasteiger partial charge in [-0.2, -0.15) is 0 Å². The third kappa shape index (κ3) is 4.53. The normalized spacial score (nSPS) is 20.2. The van der Waals surface area contributed by atoms with Crippen LogP contribution in [0.4, 0.5) is 0 Å². The fourth-order valence-corrected chi connectivity index (χ4v) is 5.33. The van der Waals surface area contributed by atoms with E-state index in [0.29, 0.717) is 23.0 Å². The first kappa shape index (κ1) is 22.0. The first-order valence-corrected chi connectivity index (χ1v) is 11.6. The highest BCUT2D eigenvalue weighted by Gasteiger charge is 2.53. The molecule has 1 saturated heterocycles. The summed E-state index contributed by atoms with van der Waals surface area (Å²) in [6, 6.07) is 10.3. The van der Waals surface area contributed by atoms with E-state index < -0.39 is 23.3 Å². The summed E-state index contributed by atoms with van der Waals surface area (Å²) in [7, 11) is 1.46. The van der Waals surface area contributed by atoms with Crippen LogP contribution in [0.25, 0.3) is 6.08 Å². The zero-order valence-electron chi connectivity index (χ0n) is 16.9. The number of carboxylic acid groups (broad SMARTS) is 1. The molecule has 1 aromatic heterocycles. The van der Waals surface area contributed by atoms with E-state index in [1.807, 2.05) is 30.3 Å². The molecule has 2 aliphatic rings. The zero-order valence-corrected chi connectivity index (χ0v) is 18.5. The SMILES string of the molecule is COc1cc(/C=C/C2=C(C(=O)O)N3C(=O)[C@@H](NC(=O)CSc4ccccc4)C3SC2)on1. The van der Waals surface area contributed by atoms with Gasteiger partial charge in [0.05, 0.1) is 12.9 Å². The molecule has 1 aromatic carbocycles. The second-order valence-corrected chi connectivity index (χ2v) is 8.99. The van der Waals surface area contributed by atoms with Crippen molar-refractivity contribution < 1.29 is 28.8 Å². The van der Waals surface area contributed by atoms with Gasteiger partial charge in [-0.05, 0) is 28.9 Å². The molecule has 0 aliphatic carbocycles. The van der Waals surface area contributed by atoms with Crippen LogP contribution in [0.15, 0.2) is 63.2 Å². The molecule has 166 valence electrons. The van der Waals surface area contributed by atoms with E-state index in [-0.39, 0.29) is 17.4 Å². The Kier molecular flexibility index (Phi) is 6.56. The third-order valence-electron chi connectivity index (χ3n) is 4.79. The van der Waals surface area contributed by atoms with E-state index in [0.717, 1.165) is 4.90 Å². The van der Waals surface area contributed by atoms with Crippen molar-refractivity contribution in [1.82, 2.24) is 15.4 Å². The topological polar surface area (TPSA) is 122 Å². The predicted octanol–water partition coefficient (Wildman–Crippen LogP) is 2.23. The first-order valence-electron chi connectivity index (χ1n) is 9.55. The molecule has 3 heterocycles. The molecule has 1 unspecified atom stereocenters. The van der Waals surface area contributed by atoms with Crippen molar-refractivity contribution in [3.05, 3.63) is 59.5 Å². The highest BCUT2D eigenvalue weighted by atomic mass is 32.2. The number of amides is 2. The van der Waals surface area contributed by atoms with Gasteiger partial charge in [-0.25, -0.2) is 4.79 Å². The number of allylic oxidation sites excluding steroid dienone is 1. The Morgan fingerprint density at radius 2 is 2.16 bits per heavy atom. The molecular weight excluding hydrogens is 454 g/mol. The molecule has 2 atom stereocenters. The Labute approximate surface area is 191 Å². The lowest BCUT2D eigenvalue weighted by Gasteiger charge is -2.49. The van der Waals surface area contributed by atoms with Crippen LogP contribution in [0.3, 0.4) is 0 Å². The molecule has 2 aliphatic heterocycles. The van der Waals surface area contributed by atoms with Crippen molar-refractivity contribution in [2.75, 3.05) is 18.6 Å². The minimum absolute atomic E-state index is 0.0920. The molecule has 4 rings (SSSR count). The predicted molar refractivity (Wildman–Crippen MR) is 119 cm³/mol. The fraction of sp³-hybridized carbons (Fsp3) is 0.238. The van der Waals surface area contributed by atoms with Gasteiger partial charge in [0, 0.05) is 16.7 Å². The van der Waals surface area contributed by atoms with E-state index in [9.17, 15) is 19.5 Å². The molecule has 2 N–H and O–H groups in total. The number of rotatable bonds is 8. The maximum Gasteiger partial charge on any atom is 0.352 e. The van der Waals surface area contributed by atoms with Crippen molar-refractivity contribution in [3.8, 4) is 5.88 Å². The van der Waals surface area contributed by atoms with Crippen LogP contribution in [0.1, 0.15) is 5.76 Å². The number of carbonyl (C=O) groups is 3. The van der Waals surface area contributed by atoms with Gasteiger partial charge in [0.15, 0.2) is 5.76 Å². The summed E-state index contributed by atoms with van der Waals surface area (Å²) in [4.78, 5) is 39.1. The van der Waals surface area contributed by atoms with Crippen molar-refractivity contribution in [2.45, 2.75) is 16.3 Å². The quantitative estimate of drug-likeness (QED) is 0.439. The summed E-state index contributed by atoms with van der Waals surface area (Å²) >= 11 is 2.77. The third-order valence-corrected chi connectivity index (χ3v) is 7.11. The van der Waals surface area contributed by atoms with Crippen LogP contribution in [0.5, 0.6) is 5.88 Å². The summed E-state index contributed by atoms with van der Waals surface area (Å²) in [6.07, 6.45) is 3.15. The van der Waals surface area contributed by atoms with Gasteiger partial charge in [-0.1, -0.05) is 24.3 Å². The van der Waals surface area contributed by atoms with E-state index in [2.05, 4.69) is 10.5 Å². The molecule has 0 radical (unpaired) electrons. The van der Waals surface area contributed by atoms with Crippen molar-refractivity contribution in [1.29, 1.82) is 0 Å². The summed E-state index contributed by atoms with van der Waals surface area (Å²) in [5.41, 5.74) is 0.373. The second kappa shape index (κ2) is 9.53. The number of β-lactam (4-membered cyclic amide) rings is 1. The van der Waals surface area contributed by atoms with Gasteiger partial charge in [-0.3, -0.25) is 14.5 Å². The van der Waals surface area contributed by atoms with Crippen molar-refractivity contribution in [2.24, 2.45) is 0 Å². The van der Waals surface area contributed by atoms with E-state index in [1.165, 1.54) is 35.5 Å². The first-order chi connectivity index (χ1) is 15.5. The number of hydrogen-bond acceptors (Lipinski definition) is 8. The lowest BCUT2D eigenvalue weighted by Crippen LogP contribution is -2.70. The van der Waals surface area contributed by atoms with E-state index >= 15 is 0 Å². The number of fused-ring (bicyclic) bond motifs is 1. The van der Waals surface area contributed by atoms with Crippen LogP contribution in [-0.4, -0.2) is 63.0 Å². The molecule has 11 heteroatoms. The summed E-state index contributed by atoms with van der Waals surface area (Å²) < 4.78 is 10.0. The number of nitrogens with one attached hydrogen (secondary N) is 1. The average Bonchev–Trinajstić information content (AvgIpc) is 3.28. The Morgan fingerprint density at radius 3 is 2.84 bits per heavy atom. The van der Waals surface area contributed by atoms with Gasteiger partial charge in [0.1, 0.15) is 17.1 Å². The van der Waals surface area contributed by atoms with Crippen molar-refractivity contribution in [3.63, 3.8) is 0 Å². The highest BCUT2D eigenvalue weighted by molar-refractivity contribution is 8.00. The highest BCUT2D eigenvalue weighted by Crippen LogP contribution is 2.40. The Bertz CT molecular complexity index is 1100. The van der Waals surface area contributed by atoms with Gasteiger partial charge in [0.25, 0.3) is 11.8 Å². The van der Waals surface area contributed by atoms with E-state index in [4.69, 9.17) is 9.26 Å². The second-order valence-electron chi connectivity index (χ2n) is 6.84. The number of benzene rings is 1. The number of carboxylic acids is 1. The van der Waals surface area contributed by atoms with Crippen LogP contribution in [0.2, 0.25) is 0 Å². The molecule has 9 nitrogen and oxygen atoms in total. The monoisotopic (exact) mass is 473 g/mol. The number of ether oxygens (including phenoxy) is 1. The van der Waals surface area contributed by atoms with Gasteiger partial charge in [0.2, 0.25) is 5.91 Å². The number of thioether (sulfide) groups is 2. The number of methoxy groups -OCH3 is 1. The Morgan fingerprint density at radius 1 is 1.38 bits per heavy atom. The molecule has 32 heavy (non-hydrogen) atoms. The molecular formula is C21H19N3O6S2. The van der Waals surface area contributed by atoms with Crippen LogP contribution >= 0.6 is 23.5 Å². The number of nitrogens with zero attached hydrogens (tertiary/aromatic N) is 2. The van der Waals surface area contributed by atoms with Gasteiger partial charge >= 0.3 is 5.97 Å². The fourth-order valence-electron chi connectivity index (χ4n) is 3.28. The molecule has 1 fully saturated rings. The maximum atomic E-state index is 12.7. The zero-order chi connectivity index (χ0) is 22.7. The standard InChI is InChI=1S/C21H19N3O6S2/c1-29-16-9-13(30-23-16)8-7-12-10-32-20-17(19(26)24(20)18(12)21(27)28)22-15(25)11-31-14-5-3-2-4-6-14/h2-9,17,20H,10-11H2,1H3,(H,22,25)(H,27,28)/b8-7+/t17-,20?/m1/s1. The lowest BCUT2D eigenvalue weighted by molar-refractivity contribution is -0.150. The van der Waals surface area contributed by atoms with Crippen LogP contribution in [0, 0.1) is 0 Å². The van der Waals surface area contributed by atoms with Crippen LogP contribution < -0.4 is 10.1 Å². The summed E-state index contributed by atoms with van der Waals surface area (Å²) in [5.74, 6) is -0.694. The minimum Gasteiger partial charge on any atom is -0.479 e. The molecule has 0 bridgehead atoms. The van der Waals surface area contributed by atoms with Crippen molar-refractivity contribution >= 4 is 47.4 Å². The molecule has 0 spiro atoms. The van der Waals surface area contributed by atoms with Gasteiger partial charge < -0.3 is 19.7 Å². The summed E-state index contributed by atoms with van der Waals surface area (Å²) in [6.45, 7) is 0. The number of aromatic nitrogens is 1. The largest absolute Gasteiger partial charge is 0.479 e. The van der Waals surface area contributed by atoms with Gasteiger partial charge in [-0.15, -0.1) is 23.5 Å². The molecule has 2 aromatic rings. The molecule has 2 amide bonds. The Balaban J connectivity index is 1.42. The number of hydrogen-bond donors (Lipinski definition) is 2. The Hall–Kier alpha value is -3.18. The number of carbonyl (C=O) groups excluding carboxylic acids is 2. The minimum atomic E-state index is -1.21. The summed E-state index contributed by atoms with van der Waals surface area (Å²) in [5, 5.41) is 15.7. The van der Waals surface area contributed by atoms with E-state index in [1.54, 1.807) is 18.2 Å². The maximum absolute atomic E-state index is 12.7. The lowest BCUT2D eigenvalue weighted by atomic mass is 10.0. The smallest absolute Gasteiger partial charge is 0.352 e. The van der Waals surface area contributed by atoms with Crippen LogP contribution in [-0.2, 0) is 14.4 Å². The average molecular weight is 474 g/mol. The molecule has 0 saturated carbocycles.